The van der Waals surface area contributed by atoms with E-state index in [1.54, 1.807) is 0 Å². The first-order valence-corrected chi connectivity index (χ1v) is 11.9. The molecule has 0 radical (unpaired) electrons. The summed E-state index contributed by atoms with van der Waals surface area (Å²) in [6, 6.07) is 20.1. The molecule has 1 heterocycles. The van der Waals surface area contributed by atoms with Crippen LogP contribution in [0.2, 0.25) is 0 Å². The summed E-state index contributed by atoms with van der Waals surface area (Å²) in [4.78, 5) is 15.8. The van der Waals surface area contributed by atoms with Gasteiger partial charge in [-0.15, -0.1) is 6.58 Å². The molecule has 3 rings (SSSR count). The largest absolute Gasteiger partial charge is 0.335 e. The molecule has 4 heteroatoms. The average molecular weight is 454 g/mol. The van der Waals surface area contributed by atoms with E-state index < -0.39 is 0 Å². The molecule has 0 aliphatic rings. The maximum Gasteiger partial charge on any atom is 0.258 e. The van der Waals surface area contributed by atoms with E-state index in [1.807, 2.05) is 96.4 Å². The first-order chi connectivity index (χ1) is 16.5. The van der Waals surface area contributed by atoms with Gasteiger partial charge in [-0.25, -0.2) is 4.68 Å². The summed E-state index contributed by atoms with van der Waals surface area (Å²) in [7, 11) is 1.88. The van der Waals surface area contributed by atoms with Gasteiger partial charge in [0, 0.05) is 7.05 Å². The molecule has 4 nitrogen and oxygen atoms in total. The van der Waals surface area contributed by atoms with Crippen LogP contribution in [0.1, 0.15) is 67.0 Å². The Morgan fingerprint density at radius 3 is 2.38 bits per heavy atom. The first kappa shape index (κ1) is 25.0. The summed E-state index contributed by atoms with van der Waals surface area (Å²) in [6.45, 7) is 9.98. The number of para-hydroxylation sites is 1. The van der Waals surface area contributed by atoms with E-state index in [1.165, 1.54) is 0 Å². The summed E-state index contributed by atoms with van der Waals surface area (Å²) < 4.78 is 1.94. The van der Waals surface area contributed by atoms with Gasteiger partial charge in [-0.1, -0.05) is 86.2 Å². The third-order valence-corrected chi connectivity index (χ3v) is 6.02. The van der Waals surface area contributed by atoms with Crippen LogP contribution >= 0.6 is 0 Å². The van der Waals surface area contributed by atoms with Gasteiger partial charge < -0.3 is 4.90 Å². The summed E-state index contributed by atoms with van der Waals surface area (Å²) in [5.41, 5.74) is 5.38. The zero-order chi connectivity index (χ0) is 24.5. The van der Waals surface area contributed by atoms with Crippen LogP contribution in [-0.4, -0.2) is 27.6 Å². The third-order valence-electron chi connectivity index (χ3n) is 6.02. The molecule has 1 atom stereocenters. The lowest BCUT2D eigenvalue weighted by Crippen LogP contribution is -2.31. The lowest BCUT2D eigenvalue weighted by atomic mass is 10.0. The van der Waals surface area contributed by atoms with Crippen molar-refractivity contribution < 1.29 is 4.79 Å². The molecule has 2 aromatic carbocycles. The molecule has 0 saturated heterocycles. The number of rotatable bonds is 10. The summed E-state index contributed by atoms with van der Waals surface area (Å²) in [5, 5.41) is 4.98. The Morgan fingerprint density at radius 2 is 1.76 bits per heavy atom. The van der Waals surface area contributed by atoms with Crippen molar-refractivity contribution in [2.75, 3.05) is 7.05 Å². The van der Waals surface area contributed by atoms with Crippen LogP contribution in [-0.2, 0) is 6.42 Å². The molecular formula is C30H35N3O. The minimum absolute atomic E-state index is 0.0141. The van der Waals surface area contributed by atoms with E-state index in [9.17, 15) is 4.79 Å². The molecule has 3 aromatic rings. The van der Waals surface area contributed by atoms with Crippen LogP contribution < -0.4 is 0 Å². The molecule has 0 spiro atoms. The number of benzene rings is 2. The van der Waals surface area contributed by atoms with E-state index in [-0.39, 0.29) is 11.9 Å². The van der Waals surface area contributed by atoms with Crippen LogP contribution in [0, 0.1) is 0 Å². The van der Waals surface area contributed by atoms with Crippen molar-refractivity contribution in [3.63, 3.8) is 0 Å². The highest BCUT2D eigenvalue weighted by molar-refractivity contribution is 6.00. The van der Waals surface area contributed by atoms with Crippen molar-refractivity contribution in [1.29, 1.82) is 0 Å². The van der Waals surface area contributed by atoms with Gasteiger partial charge in [0.05, 0.1) is 23.0 Å². The topological polar surface area (TPSA) is 38.1 Å². The molecule has 0 saturated carbocycles. The van der Waals surface area contributed by atoms with E-state index in [0.29, 0.717) is 5.56 Å². The highest BCUT2D eigenvalue weighted by Crippen LogP contribution is 2.29. The van der Waals surface area contributed by atoms with Crippen molar-refractivity contribution in [2.24, 2.45) is 0 Å². The fourth-order valence-corrected chi connectivity index (χ4v) is 3.98. The van der Waals surface area contributed by atoms with Crippen molar-refractivity contribution >= 4 is 11.5 Å². The zero-order valence-corrected chi connectivity index (χ0v) is 20.7. The molecule has 1 unspecified atom stereocenters. The van der Waals surface area contributed by atoms with Gasteiger partial charge in [-0.2, -0.15) is 5.10 Å². The zero-order valence-electron chi connectivity index (χ0n) is 20.7. The number of nitrogens with zero attached hydrogens (tertiary/aromatic N) is 3. The maximum atomic E-state index is 14.0. The van der Waals surface area contributed by atoms with E-state index >= 15 is 0 Å². The molecule has 1 aromatic heterocycles. The Morgan fingerprint density at radius 1 is 1.12 bits per heavy atom. The number of allylic oxidation sites excluding steroid dienone is 5. The van der Waals surface area contributed by atoms with E-state index in [0.717, 1.165) is 47.5 Å². The summed E-state index contributed by atoms with van der Waals surface area (Å²) >= 11 is 0. The fourth-order valence-electron chi connectivity index (χ4n) is 3.98. The predicted molar refractivity (Wildman–Crippen MR) is 142 cm³/mol. The lowest BCUT2D eigenvalue weighted by molar-refractivity contribution is 0.0741. The van der Waals surface area contributed by atoms with Gasteiger partial charge in [0.1, 0.15) is 5.69 Å². The molecule has 34 heavy (non-hydrogen) atoms. The van der Waals surface area contributed by atoms with Gasteiger partial charge in [0.2, 0.25) is 0 Å². The van der Waals surface area contributed by atoms with Crippen LogP contribution in [0.4, 0.5) is 0 Å². The second-order valence-electron chi connectivity index (χ2n) is 8.47. The van der Waals surface area contributed by atoms with Gasteiger partial charge in [0.15, 0.2) is 0 Å². The molecular weight excluding hydrogens is 418 g/mol. The van der Waals surface area contributed by atoms with Crippen molar-refractivity contribution in [3.8, 4) is 5.69 Å². The van der Waals surface area contributed by atoms with Gasteiger partial charge >= 0.3 is 0 Å². The second-order valence-corrected chi connectivity index (χ2v) is 8.47. The van der Waals surface area contributed by atoms with Crippen LogP contribution in [0.25, 0.3) is 11.3 Å². The number of carbonyl (C=O) groups is 1. The first-order valence-electron chi connectivity index (χ1n) is 11.9. The Bertz CT molecular complexity index is 1160. The van der Waals surface area contributed by atoms with Gasteiger partial charge in [-0.3, -0.25) is 4.79 Å². The fraction of sp³-hybridized carbons (Fsp3) is 0.267. The highest BCUT2D eigenvalue weighted by atomic mass is 16.2. The lowest BCUT2D eigenvalue weighted by Gasteiger charge is -2.26. The van der Waals surface area contributed by atoms with E-state index in [4.69, 9.17) is 5.10 Å². The normalized spacial score (nSPS) is 12.6. The molecule has 0 bridgehead atoms. The Labute approximate surface area is 203 Å². The molecule has 176 valence electrons. The molecule has 0 aliphatic heterocycles. The van der Waals surface area contributed by atoms with Crippen LogP contribution in [0.3, 0.4) is 0 Å². The smallest absolute Gasteiger partial charge is 0.258 e. The highest BCUT2D eigenvalue weighted by Gasteiger charge is 2.29. The number of hydrogen-bond donors (Lipinski definition) is 0. The molecule has 1 amide bonds. The number of amides is 1. The second kappa shape index (κ2) is 12.0. The summed E-state index contributed by atoms with van der Waals surface area (Å²) in [6.07, 6.45) is 10.4. The van der Waals surface area contributed by atoms with Crippen LogP contribution in [0.15, 0.2) is 91.5 Å². The van der Waals surface area contributed by atoms with Crippen molar-refractivity contribution in [1.82, 2.24) is 14.7 Å². The number of aromatic nitrogens is 2. The number of hydrogen-bond acceptors (Lipinski definition) is 2. The average Bonchev–Trinajstić information content (AvgIpc) is 3.25. The van der Waals surface area contributed by atoms with E-state index in [2.05, 4.69) is 32.6 Å². The third kappa shape index (κ3) is 5.63. The molecule has 0 fully saturated rings. The molecule has 0 N–H and O–H groups in total. The quantitative estimate of drug-likeness (QED) is 0.241. The van der Waals surface area contributed by atoms with Gasteiger partial charge in [-0.05, 0) is 50.0 Å². The minimum Gasteiger partial charge on any atom is -0.335 e. The maximum absolute atomic E-state index is 14.0. The predicted octanol–water partition coefficient (Wildman–Crippen LogP) is 7.19. The Balaban J connectivity index is 2.14. The van der Waals surface area contributed by atoms with Gasteiger partial charge in [0.25, 0.3) is 5.91 Å². The Kier molecular flexibility index (Phi) is 8.80. The van der Waals surface area contributed by atoms with Crippen LogP contribution in [0.5, 0.6) is 0 Å². The van der Waals surface area contributed by atoms with Crippen molar-refractivity contribution in [2.45, 2.75) is 46.1 Å². The standard InChI is InChI=1S/C30H35N3O/c1-6-8-9-12-18-23(3)29-28(30(34)32(5)24(4)25-19-13-10-14-20-25)27(17-7-2)33(31-29)26-21-15-11-16-22-26/h6,9-16,18-22,24H,1,7-8,17H2,2-5H3/b12-9?,23-18+. The molecule has 0 aliphatic carbocycles. The Hall–Kier alpha value is -3.66. The SMILES string of the molecule is C=CCC=C/C=C(\C)c1nn(-c2ccccc2)c(CCC)c1C(=O)N(C)C(C)c1ccccc1. The summed E-state index contributed by atoms with van der Waals surface area (Å²) in [5.74, 6) is -0.0141. The van der Waals surface area contributed by atoms with Crippen molar-refractivity contribution in [3.05, 3.63) is 114 Å². The minimum atomic E-state index is -0.0622. The monoisotopic (exact) mass is 453 g/mol. The number of carbonyl (C=O) groups excluding carboxylic acids is 1.